The van der Waals surface area contributed by atoms with Gasteiger partial charge in [-0.05, 0) is 37.1 Å². The van der Waals surface area contributed by atoms with Gasteiger partial charge in [-0.3, -0.25) is 9.59 Å². The quantitative estimate of drug-likeness (QED) is 0.742. The number of nitrogens with one attached hydrogen (secondary N) is 1. The van der Waals surface area contributed by atoms with Gasteiger partial charge in [0.15, 0.2) is 0 Å². The molecule has 0 saturated carbocycles. The summed E-state index contributed by atoms with van der Waals surface area (Å²) >= 11 is 0. The Morgan fingerprint density at radius 1 is 1.11 bits per heavy atom. The molecule has 0 saturated heterocycles. The van der Waals surface area contributed by atoms with Gasteiger partial charge in [-0.2, -0.15) is 0 Å². The zero-order valence-corrected chi connectivity index (χ0v) is 11.3. The maximum atomic E-state index is 11.6. The topological polar surface area (TPSA) is 69.6 Å². The molecule has 0 aliphatic heterocycles. The van der Waals surface area contributed by atoms with Crippen molar-refractivity contribution >= 4 is 23.3 Å². The summed E-state index contributed by atoms with van der Waals surface area (Å²) in [6.07, 6.45) is 1.59. The predicted molar refractivity (Wildman–Crippen MR) is 75.5 cm³/mol. The van der Waals surface area contributed by atoms with Gasteiger partial charge in [-0.15, -0.1) is 0 Å². The van der Waals surface area contributed by atoms with E-state index in [9.17, 15) is 9.59 Å². The van der Waals surface area contributed by atoms with Crippen LogP contribution in [0.4, 0.5) is 11.4 Å². The van der Waals surface area contributed by atoms with Gasteiger partial charge in [0.2, 0.25) is 5.91 Å². The maximum absolute atomic E-state index is 11.6. The second kappa shape index (κ2) is 7.41. The zero-order valence-electron chi connectivity index (χ0n) is 11.3. The molecule has 0 aromatic heterocycles. The lowest BCUT2D eigenvalue weighted by Crippen LogP contribution is -2.12. The molecule has 0 atom stereocenters. The van der Waals surface area contributed by atoms with Gasteiger partial charge in [0.25, 0.3) is 0 Å². The standard InChI is InChI=1S/C14H20N2O3/c1-16(2)12-9-7-11(8-10-12)15-13(17)5-3-4-6-14(18)19/h7-10H,3-6H2,1-2H3,(H,15,17)(H,18,19). The molecule has 0 aliphatic carbocycles. The minimum absolute atomic E-state index is 0.0806. The minimum Gasteiger partial charge on any atom is -0.481 e. The molecule has 0 radical (unpaired) electrons. The van der Waals surface area contributed by atoms with Crippen molar-refractivity contribution in [3.05, 3.63) is 24.3 Å². The highest BCUT2D eigenvalue weighted by Gasteiger charge is 2.04. The lowest BCUT2D eigenvalue weighted by molar-refractivity contribution is -0.137. The van der Waals surface area contributed by atoms with Crippen LogP contribution in [0.15, 0.2) is 24.3 Å². The second-order valence-corrected chi connectivity index (χ2v) is 4.59. The Morgan fingerprint density at radius 3 is 2.21 bits per heavy atom. The van der Waals surface area contributed by atoms with Crippen LogP contribution in [-0.2, 0) is 9.59 Å². The number of aliphatic carboxylic acids is 1. The summed E-state index contributed by atoms with van der Waals surface area (Å²) in [7, 11) is 3.91. The number of hydrogen-bond acceptors (Lipinski definition) is 3. The molecule has 0 heterocycles. The number of amides is 1. The van der Waals surface area contributed by atoms with Crippen LogP contribution in [0.3, 0.4) is 0 Å². The van der Waals surface area contributed by atoms with Crippen molar-refractivity contribution in [2.45, 2.75) is 25.7 Å². The first-order valence-electron chi connectivity index (χ1n) is 6.28. The fraction of sp³-hybridized carbons (Fsp3) is 0.429. The van der Waals surface area contributed by atoms with Gasteiger partial charge in [0.1, 0.15) is 0 Å². The fourth-order valence-corrected chi connectivity index (χ4v) is 1.63. The van der Waals surface area contributed by atoms with Crippen molar-refractivity contribution in [1.29, 1.82) is 0 Å². The normalized spacial score (nSPS) is 10.0. The average Bonchev–Trinajstić information content (AvgIpc) is 2.35. The number of carboxylic acids is 1. The van der Waals surface area contributed by atoms with Crippen LogP contribution in [0.2, 0.25) is 0 Å². The van der Waals surface area contributed by atoms with Gasteiger partial charge in [-0.25, -0.2) is 0 Å². The molecular weight excluding hydrogens is 244 g/mol. The number of hydrogen-bond donors (Lipinski definition) is 2. The third-order valence-corrected chi connectivity index (χ3v) is 2.71. The molecule has 0 aliphatic rings. The number of unbranched alkanes of at least 4 members (excludes halogenated alkanes) is 1. The van der Waals surface area contributed by atoms with Crippen LogP contribution < -0.4 is 10.2 Å². The Bertz CT molecular complexity index is 427. The molecule has 0 unspecified atom stereocenters. The molecule has 5 heteroatoms. The van der Waals surface area contributed by atoms with E-state index in [1.165, 1.54) is 0 Å². The number of carboxylic acid groups (broad SMARTS) is 1. The largest absolute Gasteiger partial charge is 0.481 e. The summed E-state index contributed by atoms with van der Waals surface area (Å²) in [5.74, 6) is -0.900. The lowest BCUT2D eigenvalue weighted by Gasteiger charge is -2.13. The van der Waals surface area contributed by atoms with Crippen LogP contribution in [0.1, 0.15) is 25.7 Å². The number of carbonyl (C=O) groups excluding carboxylic acids is 1. The van der Waals surface area contributed by atoms with Crippen LogP contribution in [0, 0.1) is 0 Å². The van der Waals surface area contributed by atoms with E-state index in [4.69, 9.17) is 5.11 Å². The molecule has 1 rings (SSSR count). The minimum atomic E-state index is -0.820. The molecule has 0 fully saturated rings. The Hall–Kier alpha value is -2.04. The summed E-state index contributed by atoms with van der Waals surface area (Å²) in [4.78, 5) is 23.9. The summed E-state index contributed by atoms with van der Waals surface area (Å²) < 4.78 is 0. The Balaban J connectivity index is 2.33. The van der Waals surface area contributed by atoms with Crippen LogP contribution in [-0.4, -0.2) is 31.1 Å². The molecule has 0 spiro atoms. The van der Waals surface area contributed by atoms with Crippen molar-refractivity contribution in [2.75, 3.05) is 24.3 Å². The molecule has 2 N–H and O–H groups in total. The van der Waals surface area contributed by atoms with E-state index >= 15 is 0 Å². The Kier molecular flexibility index (Phi) is 5.85. The summed E-state index contributed by atoms with van der Waals surface area (Å²) in [6.45, 7) is 0. The molecule has 1 amide bonds. The Labute approximate surface area is 113 Å². The zero-order chi connectivity index (χ0) is 14.3. The van der Waals surface area contributed by atoms with Crippen LogP contribution in [0.5, 0.6) is 0 Å². The van der Waals surface area contributed by atoms with E-state index in [1.807, 2.05) is 43.3 Å². The highest BCUT2D eigenvalue weighted by atomic mass is 16.4. The van der Waals surface area contributed by atoms with Crippen molar-refractivity contribution in [3.8, 4) is 0 Å². The number of benzene rings is 1. The summed E-state index contributed by atoms with van der Waals surface area (Å²) in [5.41, 5.74) is 1.83. The third-order valence-electron chi connectivity index (χ3n) is 2.71. The Morgan fingerprint density at radius 2 is 1.68 bits per heavy atom. The molecule has 19 heavy (non-hydrogen) atoms. The van der Waals surface area contributed by atoms with Crippen molar-refractivity contribution in [1.82, 2.24) is 0 Å². The maximum Gasteiger partial charge on any atom is 0.303 e. The van der Waals surface area contributed by atoms with Gasteiger partial charge in [-0.1, -0.05) is 0 Å². The van der Waals surface area contributed by atoms with E-state index in [2.05, 4.69) is 5.32 Å². The van der Waals surface area contributed by atoms with E-state index in [0.717, 1.165) is 11.4 Å². The monoisotopic (exact) mass is 264 g/mol. The van der Waals surface area contributed by atoms with E-state index in [-0.39, 0.29) is 12.3 Å². The fourth-order valence-electron chi connectivity index (χ4n) is 1.63. The SMILES string of the molecule is CN(C)c1ccc(NC(=O)CCCCC(=O)O)cc1. The van der Waals surface area contributed by atoms with Gasteiger partial charge < -0.3 is 15.3 Å². The van der Waals surface area contributed by atoms with Gasteiger partial charge in [0, 0.05) is 38.3 Å². The van der Waals surface area contributed by atoms with Crippen molar-refractivity contribution < 1.29 is 14.7 Å². The number of nitrogens with zero attached hydrogens (tertiary/aromatic N) is 1. The van der Waals surface area contributed by atoms with Crippen molar-refractivity contribution in [2.24, 2.45) is 0 Å². The highest BCUT2D eigenvalue weighted by Crippen LogP contribution is 2.16. The van der Waals surface area contributed by atoms with Gasteiger partial charge in [0.05, 0.1) is 0 Å². The number of anilines is 2. The lowest BCUT2D eigenvalue weighted by atomic mass is 10.2. The van der Waals surface area contributed by atoms with Gasteiger partial charge >= 0.3 is 5.97 Å². The highest BCUT2D eigenvalue weighted by molar-refractivity contribution is 5.90. The molecule has 1 aromatic carbocycles. The first-order valence-corrected chi connectivity index (χ1v) is 6.28. The average molecular weight is 264 g/mol. The van der Waals surface area contributed by atoms with E-state index in [0.29, 0.717) is 19.3 Å². The molecule has 0 bridgehead atoms. The molecular formula is C14H20N2O3. The summed E-state index contributed by atoms with van der Waals surface area (Å²) in [6, 6.07) is 7.56. The van der Waals surface area contributed by atoms with Crippen LogP contribution in [0.25, 0.3) is 0 Å². The molecule has 5 nitrogen and oxygen atoms in total. The molecule has 104 valence electrons. The smallest absolute Gasteiger partial charge is 0.303 e. The van der Waals surface area contributed by atoms with E-state index in [1.54, 1.807) is 0 Å². The first-order chi connectivity index (χ1) is 8.99. The summed E-state index contributed by atoms with van der Waals surface area (Å²) in [5, 5.41) is 11.3. The molecule has 1 aromatic rings. The van der Waals surface area contributed by atoms with E-state index < -0.39 is 5.97 Å². The number of carbonyl (C=O) groups is 2. The van der Waals surface area contributed by atoms with Crippen LogP contribution >= 0.6 is 0 Å². The number of rotatable bonds is 7. The predicted octanol–water partition coefficient (Wildman–Crippen LogP) is 2.34. The van der Waals surface area contributed by atoms with Crippen molar-refractivity contribution in [3.63, 3.8) is 0 Å². The third kappa shape index (κ3) is 5.90. The second-order valence-electron chi connectivity index (χ2n) is 4.59. The first kappa shape index (κ1) is 15.0.